The van der Waals surface area contributed by atoms with Crippen LogP contribution in [0, 0.1) is 0 Å². The summed E-state index contributed by atoms with van der Waals surface area (Å²) in [5.74, 6) is 0.349. The van der Waals surface area contributed by atoms with Crippen molar-refractivity contribution < 1.29 is 9.53 Å². The summed E-state index contributed by atoms with van der Waals surface area (Å²) in [7, 11) is 0. The number of nitrogens with one attached hydrogen (secondary N) is 1. The van der Waals surface area contributed by atoms with Crippen LogP contribution in [0.5, 0.6) is 5.75 Å². The van der Waals surface area contributed by atoms with Crippen molar-refractivity contribution in [3.63, 3.8) is 0 Å². The lowest BCUT2D eigenvalue weighted by atomic mass is 10.3. The molecule has 1 amide bonds. The van der Waals surface area contributed by atoms with Gasteiger partial charge in [0.1, 0.15) is 18.4 Å². The Bertz CT molecular complexity index is 512. The van der Waals surface area contributed by atoms with E-state index in [1.807, 2.05) is 12.1 Å². The molecule has 0 spiro atoms. The highest BCUT2D eigenvalue weighted by atomic mass is 79.9. The van der Waals surface area contributed by atoms with Gasteiger partial charge in [0.25, 0.3) is 5.91 Å². The molecule has 0 bridgehead atoms. The molecule has 0 aliphatic carbocycles. The van der Waals surface area contributed by atoms with Crippen LogP contribution >= 0.6 is 15.9 Å². The molecule has 0 saturated heterocycles. The summed E-state index contributed by atoms with van der Waals surface area (Å²) in [4.78, 5) is 11.8. The number of hydrogen-bond donors (Lipinski definition) is 1. The fourth-order valence-corrected chi connectivity index (χ4v) is 1.51. The van der Waals surface area contributed by atoms with E-state index < -0.39 is 6.10 Å². The largest absolute Gasteiger partial charge is 0.481 e. The van der Waals surface area contributed by atoms with Crippen molar-refractivity contribution in [3.05, 3.63) is 41.4 Å². The topological polar surface area (TPSA) is 69.0 Å². The van der Waals surface area contributed by atoms with Crippen molar-refractivity contribution in [3.8, 4) is 5.75 Å². The molecule has 1 aromatic heterocycles. The molecule has 0 radical (unpaired) electrons. The second-order valence-corrected chi connectivity index (χ2v) is 4.47. The van der Waals surface area contributed by atoms with E-state index in [4.69, 9.17) is 4.74 Å². The van der Waals surface area contributed by atoms with Crippen LogP contribution in [0.25, 0.3) is 0 Å². The first kappa shape index (κ1) is 12.6. The smallest absolute Gasteiger partial charge is 0.279 e. The third-order valence-electron chi connectivity index (χ3n) is 2.15. The van der Waals surface area contributed by atoms with Gasteiger partial charge in [0.05, 0.1) is 0 Å². The van der Waals surface area contributed by atoms with Crippen LogP contribution in [0.3, 0.4) is 0 Å². The van der Waals surface area contributed by atoms with Gasteiger partial charge in [-0.25, -0.2) is 4.68 Å². The Morgan fingerprint density at radius 2 is 1.94 bits per heavy atom. The predicted molar refractivity (Wildman–Crippen MR) is 68.6 cm³/mol. The molecule has 0 aliphatic heterocycles. The minimum atomic E-state index is -0.617. The van der Waals surface area contributed by atoms with Crippen LogP contribution in [0.15, 0.2) is 41.4 Å². The van der Waals surface area contributed by atoms with Crippen molar-refractivity contribution in [2.24, 2.45) is 0 Å². The van der Waals surface area contributed by atoms with Gasteiger partial charge in [0.2, 0.25) is 0 Å². The predicted octanol–water partition coefficient (Wildman–Crippen LogP) is 1.58. The van der Waals surface area contributed by atoms with Crippen LogP contribution < -0.4 is 10.2 Å². The van der Waals surface area contributed by atoms with E-state index in [2.05, 4.69) is 31.6 Å². The molecular formula is C11H11BrN4O2. The summed E-state index contributed by atoms with van der Waals surface area (Å²) in [6.07, 6.45) is 2.17. The number of rotatable bonds is 4. The minimum Gasteiger partial charge on any atom is -0.481 e. The Hall–Kier alpha value is -1.89. The fourth-order valence-electron chi connectivity index (χ4n) is 1.25. The number of hydrogen-bond acceptors (Lipinski definition) is 4. The number of ether oxygens (including phenoxy) is 1. The standard InChI is InChI=1S/C11H11BrN4O2/c1-8(11(17)15-16-6-13-14-7-16)18-10-4-2-9(12)3-5-10/h2-8H,1H3,(H,15,17). The lowest BCUT2D eigenvalue weighted by Crippen LogP contribution is -2.34. The van der Waals surface area contributed by atoms with E-state index in [0.29, 0.717) is 5.75 Å². The van der Waals surface area contributed by atoms with E-state index in [-0.39, 0.29) is 5.91 Å². The molecule has 0 aliphatic rings. The van der Waals surface area contributed by atoms with Gasteiger partial charge in [-0.15, -0.1) is 10.2 Å². The Morgan fingerprint density at radius 1 is 1.33 bits per heavy atom. The molecule has 7 heteroatoms. The number of aromatic nitrogens is 3. The van der Waals surface area contributed by atoms with Crippen molar-refractivity contribution >= 4 is 21.8 Å². The SMILES string of the molecule is CC(Oc1ccc(Br)cc1)C(=O)Nn1cnnc1. The van der Waals surface area contributed by atoms with Crippen LogP contribution in [0.2, 0.25) is 0 Å². The van der Waals surface area contributed by atoms with Gasteiger partial charge in [0.15, 0.2) is 6.10 Å². The molecule has 6 nitrogen and oxygen atoms in total. The molecule has 1 heterocycles. The first-order valence-corrected chi connectivity index (χ1v) is 6.02. The normalized spacial score (nSPS) is 11.9. The van der Waals surface area contributed by atoms with Gasteiger partial charge < -0.3 is 4.74 Å². The van der Waals surface area contributed by atoms with Gasteiger partial charge in [0, 0.05) is 4.47 Å². The maximum absolute atomic E-state index is 11.8. The molecule has 0 saturated carbocycles. The van der Waals surface area contributed by atoms with Gasteiger partial charge in [-0.1, -0.05) is 15.9 Å². The quantitative estimate of drug-likeness (QED) is 0.931. The third-order valence-corrected chi connectivity index (χ3v) is 2.68. The minimum absolute atomic E-state index is 0.280. The molecule has 1 N–H and O–H groups in total. The van der Waals surface area contributed by atoms with Gasteiger partial charge in [-0.3, -0.25) is 10.2 Å². The van der Waals surface area contributed by atoms with Crippen LogP contribution in [0.4, 0.5) is 0 Å². The highest BCUT2D eigenvalue weighted by Gasteiger charge is 2.14. The summed E-state index contributed by atoms with van der Waals surface area (Å²) >= 11 is 3.33. The zero-order chi connectivity index (χ0) is 13.0. The zero-order valence-electron chi connectivity index (χ0n) is 9.58. The maximum Gasteiger partial charge on any atom is 0.279 e. The molecule has 2 rings (SSSR count). The molecular weight excluding hydrogens is 300 g/mol. The monoisotopic (exact) mass is 310 g/mol. The summed E-state index contributed by atoms with van der Waals surface area (Å²) in [5, 5.41) is 7.16. The van der Waals surface area contributed by atoms with E-state index in [1.165, 1.54) is 17.3 Å². The summed E-state index contributed by atoms with van der Waals surface area (Å²) in [5.41, 5.74) is 2.57. The summed E-state index contributed by atoms with van der Waals surface area (Å²) in [6, 6.07) is 7.26. The summed E-state index contributed by atoms with van der Waals surface area (Å²) in [6.45, 7) is 1.67. The number of amides is 1. The average molecular weight is 311 g/mol. The van der Waals surface area contributed by atoms with E-state index >= 15 is 0 Å². The van der Waals surface area contributed by atoms with E-state index in [1.54, 1.807) is 19.1 Å². The Kier molecular flexibility index (Phi) is 3.93. The first-order chi connectivity index (χ1) is 8.65. The Balaban J connectivity index is 1.93. The molecule has 1 atom stereocenters. The lowest BCUT2D eigenvalue weighted by Gasteiger charge is -2.14. The van der Waals surface area contributed by atoms with E-state index in [0.717, 1.165) is 4.47 Å². The van der Waals surface area contributed by atoms with Crippen LogP contribution in [-0.2, 0) is 4.79 Å². The highest BCUT2D eigenvalue weighted by Crippen LogP contribution is 2.17. The lowest BCUT2D eigenvalue weighted by molar-refractivity contribution is -0.123. The highest BCUT2D eigenvalue weighted by molar-refractivity contribution is 9.10. The Morgan fingerprint density at radius 3 is 2.56 bits per heavy atom. The fraction of sp³-hybridized carbons (Fsp3) is 0.182. The number of carbonyl (C=O) groups excluding carboxylic acids is 1. The van der Waals surface area contributed by atoms with Crippen molar-refractivity contribution in [2.45, 2.75) is 13.0 Å². The molecule has 2 aromatic rings. The van der Waals surface area contributed by atoms with Gasteiger partial charge in [-0.2, -0.15) is 0 Å². The van der Waals surface area contributed by atoms with Crippen LogP contribution in [-0.4, -0.2) is 26.9 Å². The van der Waals surface area contributed by atoms with E-state index in [9.17, 15) is 4.79 Å². The molecule has 1 aromatic carbocycles. The second kappa shape index (κ2) is 5.63. The Labute approximate surface area is 112 Å². The zero-order valence-corrected chi connectivity index (χ0v) is 11.2. The average Bonchev–Trinajstić information content (AvgIpc) is 2.85. The molecule has 94 valence electrons. The first-order valence-electron chi connectivity index (χ1n) is 5.23. The number of carbonyl (C=O) groups is 1. The maximum atomic E-state index is 11.8. The number of halogens is 1. The number of benzene rings is 1. The molecule has 18 heavy (non-hydrogen) atoms. The molecule has 1 unspecified atom stereocenters. The third kappa shape index (κ3) is 3.30. The second-order valence-electron chi connectivity index (χ2n) is 3.56. The van der Waals surface area contributed by atoms with Crippen molar-refractivity contribution in [2.75, 3.05) is 5.43 Å². The van der Waals surface area contributed by atoms with Crippen molar-refractivity contribution in [1.29, 1.82) is 0 Å². The van der Waals surface area contributed by atoms with Crippen LogP contribution in [0.1, 0.15) is 6.92 Å². The van der Waals surface area contributed by atoms with Gasteiger partial charge in [-0.05, 0) is 31.2 Å². The summed E-state index contributed by atoms with van der Waals surface area (Å²) < 4.78 is 7.81. The number of nitrogens with zero attached hydrogens (tertiary/aromatic N) is 3. The van der Waals surface area contributed by atoms with Crippen molar-refractivity contribution in [1.82, 2.24) is 14.9 Å². The van der Waals surface area contributed by atoms with Gasteiger partial charge >= 0.3 is 0 Å². The molecule has 0 fully saturated rings.